The van der Waals surface area contributed by atoms with E-state index in [9.17, 15) is 14.7 Å². The Labute approximate surface area is 155 Å². The van der Waals surface area contributed by atoms with Gasteiger partial charge in [-0.2, -0.15) is 0 Å². The minimum Gasteiger partial charge on any atom is -0.503 e. The molecule has 0 aromatic heterocycles. The number of carbonyl (C=O) groups is 2. The molecule has 26 heavy (non-hydrogen) atoms. The SMILES string of the molecule is CCCC[C@@H](CC)CN1C(=O)C(O)=C(C(C)=O)[C@@H]1c1cccc(OC)c1. The van der Waals surface area contributed by atoms with E-state index in [1.165, 1.54) is 6.92 Å². The molecule has 0 spiro atoms. The second-order valence-electron chi connectivity index (χ2n) is 6.87. The van der Waals surface area contributed by atoms with Gasteiger partial charge in [-0.05, 0) is 37.0 Å². The quantitative estimate of drug-likeness (QED) is 0.718. The molecule has 1 aromatic rings. The fourth-order valence-corrected chi connectivity index (χ4v) is 3.56. The van der Waals surface area contributed by atoms with Gasteiger partial charge in [-0.1, -0.05) is 45.2 Å². The van der Waals surface area contributed by atoms with Gasteiger partial charge < -0.3 is 14.7 Å². The van der Waals surface area contributed by atoms with Crippen LogP contribution in [0.1, 0.15) is 58.1 Å². The third-order valence-corrected chi connectivity index (χ3v) is 5.09. The Morgan fingerprint density at radius 1 is 1.35 bits per heavy atom. The number of ether oxygens (including phenoxy) is 1. The highest BCUT2D eigenvalue weighted by atomic mass is 16.5. The van der Waals surface area contributed by atoms with Gasteiger partial charge in [0, 0.05) is 6.54 Å². The van der Waals surface area contributed by atoms with Crippen molar-refractivity contribution in [2.45, 2.75) is 52.5 Å². The van der Waals surface area contributed by atoms with Crippen LogP contribution in [0.15, 0.2) is 35.6 Å². The summed E-state index contributed by atoms with van der Waals surface area (Å²) in [4.78, 5) is 26.5. The monoisotopic (exact) mass is 359 g/mol. The molecule has 142 valence electrons. The summed E-state index contributed by atoms with van der Waals surface area (Å²) in [6.45, 7) is 6.18. The molecule has 1 aliphatic heterocycles. The van der Waals surface area contributed by atoms with Crippen molar-refractivity contribution < 1.29 is 19.4 Å². The smallest absolute Gasteiger partial charge is 0.290 e. The van der Waals surface area contributed by atoms with Gasteiger partial charge >= 0.3 is 0 Å². The second kappa shape index (κ2) is 8.88. The zero-order chi connectivity index (χ0) is 19.3. The number of unbranched alkanes of at least 4 members (excludes halogenated alkanes) is 1. The van der Waals surface area contributed by atoms with Crippen molar-refractivity contribution in [3.63, 3.8) is 0 Å². The lowest BCUT2D eigenvalue weighted by Crippen LogP contribution is -2.35. The van der Waals surface area contributed by atoms with Gasteiger partial charge in [-0.15, -0.1) is 0 Å². The van der Waals surface area contributed by atoms with E-state index >= 15 is 0 Å². The van der Waals surface area contributed by atoms with Crippen LogP contribution in [0.3, 0.4) is 0 Å². The van der Waals surface area contributed by atoms with E-state index in [2.05, 4.69) is 13.8 Å². The predicted octanol–water partition coefficient (Wildman–Crippen LogP) is 4.20. The predicted molar refractivity (Wildman–Crippen MR) is 101 cm³/mol. The molecular formula is C21H29NO4. The fraction of sp³-hybridized carbons (Fsp3) is 0.524. The Kier molecular flexibility index (Phi) is 6.83. The molecule has 0 unspecified atom stereocenters. The van der Waals surface area contributed by atoms with Gasteiger partial charge in [-0.25, -0.2) is 0 Å². The lowest BCUT2D eigenvalue weighted by Gasteiger charge is -2.30. The van der Waals surface area contributed by atoms with Crippen LogP contribution in [0.2, 0.25) is 0 Å². The van der Waals surface area contributed by atoms with E-state index in [1.54, 1.807) is 12.0 Å². The number of hydrogen-bond donors (Lipinski definition) is 1. The molecule has 1 aliphatic rings. The highest BCUT2D eigenvalue weighted by Gasteiger charge is 2.42. The molecule has 1 aromatic carbocycles. The first-order valence-corrected chi connectivity index (χ1v) is 9.33. The molecule has 2 rings (SSSR count). The first-order valence-electron chi connectivity index (χ1n) is 9.33. The number of benzene rings is 1. The molecule has 1 heterocycles. The highest BCUT2D eigenvalue weighted by Crippen LogP contribution is 2.39. The molecule has 2 atom stereocenters. The van der Waals surface area contributed by atoms with Gasteiger partial charge in [0.25, 0.3) is 5.91 Å². The van der Waals surface area contributed by atoms with E-state index < -0.39 is 17.7 Å². The molecule has 1 amide bonds. The first kappa shape index (κ1) is 20.0. The van der Waals surface area contributed by atoms with Crippen LogP contribution in [0.4, 0.5) is 0 Å². The highest BCUT2D eigenvalue weighted by molar-refractivity contribution is 6.08. The van der Waals surface area contributed by atoms with Crippen LogP contribution < -0.4 is 4.74 Å². The Balaban J connectivity index is 2.41. The molecule has 1 N–H and O–H groups in total. The van der Waals surface area contributed by atoms with E-state index in [0.717, 1.165) is 31.2 Å². The fourth-order valence-electron chi connectivity index (χ4n) is 3.56. The summed E-state index contributed by atoms with van der Waals surface area (Å²) in [7, 11) is 1.58. The molecule has 0 bridgehead atoms. The number of carbonyl (C=O) groups excluding carboxylic acids is 2. The Morgan fingerprint density at radius 2 is 2.08 bits per heavy atom. The molecule has 0 saturated heterocycles. The summed E-state index contributed by atoms with van der Waals surface area (Å²) in [6.07, 6.45) is 4.18. The van der Waals surface area contributed by atoms with E-state index in [0.29, 0.717) is 18.2 Å². The van der Waals surface area contributed by atoms with E-state index in [1.807, 2.05) is 24.3 Å². The number of nitrogens with zero attached hydrogens (tertiary/aromatic N) is 1. The molecule has 0 saturated carbocycles. The average molecular weight is 359 g/mol. The number of ketones is 1. The minimum atomic E-state index is -0.564. The van der Waals surface area contributed by atoms with Crippen molar-refractivity contribution in [1.82, 2.24) is 4.90 Å². The standard InChI is InChI=1S/C21H29NO4/c1-5-7-9-15(6-2)13-22-19(16-10-8-11-17(12-16)26-4)18(14(3)23)20(24)21(22)25/h8,10-12,15,19,24H,5-7,9,13H2,1-4H3/t15-,19+/m1/s1. The first-order chi connectivity index (χ1) is 12.4. The van der Waals surface area contributed by atoms with Crippen molar-refractivity contribution in [3.05, 3.63) is 41.2 Å². The molecule has 5 heteroatoms. The van der Waals surface area contributed by atoms with E-state index in [-0.39, 0.29) is 11.4 Å². The lowest BCUT2D eigenvalue weighted by molar-refractivity contribution is -0.130. The number of methoxy groups -OCH3 is 1. The zero-order valence-corrected chi connectivity index (χ0v) is 16.1. The van der Waals surface area contributed by atoms with Crippen molar-refractivity contribution >= 4 is 11.7 Å². The van der Waals surface area contributed by atoms with Gasteiger partial charge in [0.1, 0.15) is 5.75 Å². The lowest BCUT2D eigenvalue weighted by atomic mass is 9.94. The summed E-state index contributed by atoms with van der Waals surface area (Å²) >= 11 is 0. The molecular weight excluding hydrogens is 330 g/mol. The molecule has 0 radical (unpaired) electrons. The maximum absolute atomic E-state index is 12.7. The summed E-state index contributed by atoms with van der Waals surface area (Å²) < 4.78 is 5.29. The van der Waals surface area contributed by atoms with Gasteiger partial charge in [-0.3, -0.25) is 9.59 Å². The Morgan fingerprint density at radius 3 is 2.65 bits per heavy atom. The topological polar surface area (TPSA) is 66.8 Å². The van der Waals surface area contributed by atoms with Crippen molar-refractivity contribution in [3.8, 4) is 5.75 Å². The number of aliphatic hydroxyl groups excluding tert-OH is 1. The van der Waals surface area contributed by atoms with Gasteiger partial charge in [0.15, 0.2) is 11.5 Å². The maximum atomic E-state index is 12.7. The Hall–Kier alpha value is -2.30. The summed E-state index contributed by atoms with van der Waals surface area (Å²) in [5.74, 6) is -0.172. The van der Waals surface area contributed by atoms with Crippen LogP contribution in [0.25, 0.3) is 0 Å². The van der Waals surface area contributed by atoms with Crippen LogP contribution >= 0.6 is 0 Å². The normalized spacial score (nSPS) is 18.4. The third-order valence-electron chi connectivity index (χ3n) is 5.09. The second-order valence-corrected chi connectivity index (χ2v) is 6.87. The third kappa shape index (κ3) is 4.09. The minimum absolute atomic E-state index is 0.175. The Bertz CT molecular complexity index is 695. The summed E-state index contributed by atoms with van der Waals surface area (Å²) in [6, 6.07) is 6.77. The molecule has 0 fully saturated rings. The van der Waals surface area contributed by atoms with Gasteiger partial charge in [0.05, 0.1) is 18.7 Å². The van der Waals surface area contributed by atoms with Crippen molar-refractivity contribution in [2.75, 3.05) is 13.7 Å². The average Bonchev–Trinajstić information content (AvgIpc) is 2.89. The zero-order valence-electron chi connectivity index (χ0n) is 16.1. The van der Waals surface area contributed by atoms with Gasteiger partial charge in [0.2, 0.25) is 0 Å². The summed E-state index contributed by atoms with van der Waals surface area (Å²) in [5.41, 5.74) is 0.950. The van der Waals surface area contributed by atoms with Crippen LogP contribution in [0.5, 0.6) is 5.75 Å². The van der Waals surface area contributed by atoms with Crippen LogP contribution in [-0.2, 0) is 9.59 Å². The summed E-state index contributed by atoms with van der Waals surface area (Å²) in [5, 5.41) is 10.4. The number of aliphatic hydroxyl groups is 1. The molecule has 5 nitrogen and oxygen atoms in total. The number of hydrogen-bond acceptors (Lipinski definition) is 4. The number of rotatable bonds is 9. The maximum Gasteiger partial charge on any atom is 0.290 e. The molecule has 0 aliphatic carbocycles. The largest absolute Gasteiger partial charge is 0.503 e. The number of Topliss-reactive ketones (excluding diaryl/α,β-unsaturated/α-hetero) is 1. The van der Waals surface area contributed by atoms with Crippen molar-refractivity contribution in [1.29, 1.82) is 0 Å². The number of amides is 1. The van der Waals surface area contributed by atoms with Crippen molar-refractivity contribution in [2.24, 2.45) is 5.92 Å². The van der Waals surface area contributed by atoms with Crippen LogP contribution in [-0.4, -0.2) is 35.4 Å². The van der Waals surface area contributed by atoms with E-state index in [4.69, 9.17) is 4.74 Å². The van der Waals surface area contributed by atoms with Crippen LogP contribution in [0, 0.1) is 5.92 Å².